The predicted octanol–water partition coefficient (Wildman–Crippen LogP) is 3.76. The molecule has 170 valence electrons. The van der Waals surface area contributed by atoms with Gasteiger partial charge in [0.25, 0.3) is 0 Å². The average Bonchev–Trinajstić information content (AvgIpc) is 3.23. The van der Waals surface area contributed by atoms with Gasteiger partial charge in [0.15, 0.2) is 5.96 Å². The van der Waals surface area contributed by atoms with E-state index in [2.05, 4.69) is 24.1 Å². The number of halogens is 2. The van der Waals surface area contributed by atoms with E-state index >= 15 is 0 Å². The third-order valence-electron chi connectivity index (χ3n) is 5.17. The molecule has 3 unspecified atom stereocenters. The molecule has 30 heavy (non-hydrogen) atoms. The second-order valence-electron chi connectivity index (χ2n) is 7.69. The van der Waals surface area contributed by atoms with Crippen LogP contribution in [0.3, 0.4) is 0 Å². The lowest BCUT2D eigenvalue weighted by Gasteiger charge is -2.38. The van der Waals surface area contributed by atoms with E-state index in [9.17, 15) is 4.39 Å². The molecule has 2 aliphatic rings. The Kier molecular flexibility index (Phi) is 11.3. The maximum Gasteiger partial charge on any atom is 0.194 e. The zero-order valence-corrected chi connectivity index (χ0v) is 20.3. The van der Waals surface area contributed by atoms with Crippen LogP contribution in [0.25, 0.3) is 0 Å². The molecule has 0 aliphatic carbocycles. The monoisotopic (exact) mass is 535 g/mol. The fraction of sp³-hybridized carbons (Fsp3) is 0.682. The highest BCUT2D eigenvalue weighted by Gasteiger charge is 2.28. The van der Waals surface area contributed by atoms with Gasteiger partial charge in [0.2, 0.25) is 0 Å². The van der Waals surface area contributed by atoms with E-state index < -0.39 is 0 Å². The molecule has 6 nitrogen and oxygen atoms in total. The van der Waals surface area contributed by atoms with Crippen LogP contribution in [0, 0.1) is 5.82 Å². The quantitative estimate of drug-likeness (QED) is 0.238. The largest absolute Gasteiger partial charge is 0.379 e. The molecule has 8 heteroatoms. The molecular formula is C22H35FIN3O3. The number of ether oxygens (including phenoxy) is 3. The van der Waals surface area contributed by atoms with Gasteiger partial charge in [0.05, 0.1) is 25.4 Å². The highest BCUT2D eigenvalue weighted by molar-refractivity contribution is 14.0. The molecule has 1 aromatic carbocycles. The van der Waals surface area contributed by atoms with Gasteiger partial charge in [-0.2, -0.15) is 0 Å². The Morgan fingerprint density at radius 1 is 1.30 bits per heavy atom. The van der Waals surface area contributed by atoms with Crippen molar-refractivity contribution >= 4 is 29.9 Å². The smallest absolute Gasteiger partial charge is 0.194 e. The topological polar surface area (TPSA) is 55.3 Å². The van der Waals surface area contributed by atoms with Gasteiger partial charge in [-0.1, -0.05) is 12.1 Å². The van der Waals surface area contributed by atoms with Gasteiger partial charge in [-0.25, -0.2) is 4.39 Å². The van der Waals surface area contributed by atoms with Gasteiger partial charge in [0, 0.05) is 32.8 Å². The number of guanidine groups is 1. The van der Waals surface area contributed by atoms with Gasteiger partial charge in [-0.05, 0) is 50.8 Å². The van der Waals surface area contributed by atoms with Crippen LogP contribution in [-0.4, -0.2) is 69.1 Å². The number of hydrogen-bond acceptors (Lipinski definition) is 4. The molecule has 2 fully saturated rings. The molecule has 2 aliphatic heterocycles. The average molecular weight is 535 g/mol. The minimum absolute atomic E-state index is 0. The first-order chi connectivity index (χ1) is 14.2. The molecule has 0 bridgehead atoms. The van der Waals surface area contributed by atoms with Gasteiger partial charge in [-0.15, -0.1) is 24.0 Å². The summed E-state index contributed by atoms with van der Waals surface area (Å²) in [5, 5.41) is 3.39. The van der Waals surface area contributed by atoms with Crippen molar-refractivity contribution in [2.45, 2.75) is 51.4 Å². The van der Waals surface area contributed by atoms with Crippen molar-refractivity contribution in [2.75, 3.05) is 46.0 Å². The number of benzene rings is 1. The van der Waals surface area contributed by atoms with Crippen LogP contribution >= 0.6 is 24.0 Å². The summed E-state index contributed by atoms with van der Waals surface area (Å²) in [6.45, 7) is 9.36. The van der Waals surface area contributed by atoms with Crippen molar-refractivity contribution in [3.63, 3.8) is 0 Å². The molecule has 0 amide bonds. The Hall–Kier alpha value is -0.970. The van der Waals surface area contributed by atoms with Gasteiger partial charge in [-0.3, -0.25) is 4.99 Å². The highest BCUT2D eigenvalue weighted by atomic mass is 127. The molecule has 1 aromatic rings. The maximum atomic E-state index is 13.3. The first-order valence-electron chi connectivity index (χ1n) is 10.8. The van der Waals surface area contributed by atoms with Crippen molar-refractivity contribution in [1.82, 2.24) is 10.2 Å². The minimum Gasteiger partial charge on any atom is -0.379 e. The zero-order valence-electron chi connectivity index (χ0n) is 18.0. The molecule has 2 saturated heterocycles. The van der Waals surface area contributed by atoms with Gasteiger partial charge >= 0.3 is 0 Å². The van der Waals surface area contributed by atoms with E-state index in [4.69, 9.17) is 19.2 Å². The maximum absolute atomic E-state index is 13.3. The molecule has 3 rings (SSSR count). The molecule has 0 saturated carbocycles. The van der Waals surface area contributed by atoms with Crippen LogP contribution in [-0.2, 0) is 14.2 Å². The second-order valence-corrected chi connectivity index (χ2v) is 7.69. The molecule has 0 spiro atoms. The van der Waals surface area contributed by atoms with Crippen LogP contribution in [0.15, 0.2) is 29.3 Å². The van der Waals surface area contributed by atoms with Crippen molar-refractivity contribution in [2.24, 2.45) is 4.99 Å². The van der Waals surface area contributed by atoms with Crippen molar-refractivity contribution in [3.8, 4) is 0 Å². The summed E-state index contributed by atoms with van der Waals surface area (Å²) in [6.07, 6.45) is 3.36. The van der Waals surface area contributed by atoms with Crippen LogP contribution in [0.4, 0.5) is 4.39 Å². The van der Waals surface area contributed by atoms with E-state index in [1.54, 1.807) is 12.1 Å². The fourth-order valence-corrected chi connectivity index (χ4v) is 3.75. The Balaban J connectivity index is 0.00000320. The van der Waals surface area contributed by atoms with Crippen molar-refractivity contribution in [3.05, 3.63) is 35.6 Å². The summed E-state index contributed by atoms with van der Waals surface area (Å²) >= 11 is 0. The SMILES string of the molecule is CCNC(=NCCCOCC1CCCO1)N1CC(C)OC(c2ccc(F)cc2)C1.I. The Morgan fingerprint density at radius 3 is 2.80 bits per heavy atom. The predicted molar refractivity (Wildman–Crippen MR) is 127 cm³/mol. The number of nitrogens with zero attached hydrogens (tertiary/aromatic N) is 2. The van der Waals surface area contributed by atoms with Crippen LogP contribution < -0.4 is 5.32 Å². The minimum atomic E-state index is -0.230. The number of nitrogens with one attached hydrogen (secondary N) is 1. The molecule has 1 N–H and O–H groups in total. The van der Waals surface area contributed by atoms with E-state index in [-0.39, 0.29) is 48.1 Å². The molecular weight excluding hydrogens is 500 g/mol. The molecule has 2 heterocycles. The second kappa shape index (κ2) is 13.4. The summed E-state index contributed by atoms with van der Waals surface area (Å²) in [5.41, 5.74) is 0.987. The highest BCUT2D eigenvalue weighted by Crippen LogP contribution is 2.25. The standard InChI is InChI=1S/C22H34FN3O3.HI/c1-3-24-22(25-11-5-12-27-16-20-6-4-13-28-20)26-14-17(2)29-21(15-26)18-7-9-19(23)10-8-18;/h7-10,17,20-21H,3-6,11-16H2,1-2H3,(H,24,25);1H. The van der Waals surface area contributed by atoms with E-state index in [0.717, 1.165) is 50.5 Å². The summed E-state index contributed by atoms with van der Waals surface area (Å²) in [4.78, 5) is 7.02. The Bertz CT molecular complexity index is 641. The Labute approximate surface area is 196 Å². The molecule has 3 atom stereocenters. The van der Waals surface area contributed by atoms with Gasteiger partial charge < -0.3 is 24.4 Å². The fourth-order valence-electron chi connectivity index (χ4n) is 3.75. The van der Waals surface area contributed by atoms with E-state index in [0.29, 0.717) is 26.3 Å². The number of morpholine rings is 1. The Morgan fingerprint density at radius 2 is 2.10 bits per heavy atom. The summed E-state index contributed by atoms with van der Waals surface area (Å²) in [6, 6.07) is 6.56. The summed E-state index contributed by atoms with van der Waals surface area (Å²) in [5.74, 6) is 0.667. The number of hydrogen-bond donors (Lipinski definition) is 1. The van der Waals surface area contributed by atoms with Gasteiger partial charge in [0.1, 0.15) is 11.9 Å². The number of rotatable bonds is 8. The molecule has 0 radical (unpaired) electrons. The first-order valence-corrected chi connectivity index (χ1v) is 10.8. The third-order valence-corrected chi connectivity index (χ3v) is 5.17. The van der Waals surface area contributed by atoms with Crippen LogP contribution in [0.5, 0.6) is 0 Å². The van der Waals surface area contributed by atoms with E-state index in [1.165, 1.54) is 12.1 Å². The molecule has 0 aromatic heterocycles. The summed E-state index contributed by atoms with van der Waals surface area (Å²) in [7, 11) is 0. The summed E-state index contributed by atoms with van der Waals surface area (Å²) < 4.78 is 30.6. The number of aliphatic imine (C=N–C) groups is 1. The van der Waals surface area contributed by atoms with Crippen molar-refractivity contribution in [1.29, 1.82) is 0 Å². The lowest BCUT2D eigenvalue weighted by Crippen LogP contribution is -2.50. The normalized spacial score (nSPS) is 24.6. The third kappa shape index (κ3) is 7.94. The van der Waals surface area contributed by atoms with E-state index in [1.807, 2.05) is 0 Å². The van der Waals surface area contributed by atoms with Crippen LogP contribution in [0.2, 0.25) is 0 Å². The zero-order chi connectivity index (χ0) is 20.5. The lowest BCUT2D eigenvalue weighted by atomic mass is 10.1. The lowest BCUT2D eigenvalue weighted by molar-refractivity contribution is -0.0605. The van der Waals surface area contributed by atoms with Crippen LogP contribution in [0.1, 0.15) is 44.8 Å². The first kappa shape index (κ1) is 25.3. The van der Waals surface area contributed by atoms with Crippen molar-refractivity contribution < 1.29 is 18.6 Å².